The van der Waals surface area contributed by atoms with Crippen LogP contribution in [0.15, 0.2) is 18.2 Å². The Morgan fingerprint density at radius 2 is 1.53 bits per heavy atom. The van der Waals surface area contributed by atoms with Gasteiger partial charge in [-0.05, 0) is 38.1 Å². The largest absolute Gasteiger partial charge is 0.493 e. The summed E-state index contributed by atoms with van der Waals surface area (Å²) in [5.41, 5.74) is 6.47. The van der Waals surface area contributed by atoms with Crippen LogP contribution in [0.4, 0.5) is 8.78 Å². The number of Topliss-reactive ketones (excluding diaryl/α,β-unsaturated/α-hetero) is 1. The quantitative estimate of drug-likeness (QED) is 0.0915. The van der Waals surface area contributed by atoms with Gasteiger partial charge in [0.25, 0.3) is 0 Å². The van der Waals surface area contributed by atoms with Gasteiger partial charge < -0.3 is 39.1 Å². The summed E-state index contributed by atoms with van der Waals surface area (Å²) in [6.07, 6.45) is -0.468. The summed E-state index contributed by atoms with van der Waals surface area (Å²) < 4.78 is 64.2. The summed E-state index contributed by atoms with van der Waals surface area (Å²) in [5, 5.41) is 0.177. The third-order valence-electron chi connectivity index (χ3n) is 8.52. The number of carbonyl (C=O) groups excluding carboxylic acids is 4. The molecule has 15 heteroatoms. The maximum Gasteiger partial charge on any atom is 0.306 e. The summed E-state index contributed by atoms with van der Waals surface area (Å²) in [6.45, 7) is 6.00. The average Bonchev–Trinajstić information content (AvgIpc) is 3.76. The molecule has 1 amide bonds. The molecule has 1 unspecified atom stereocenters. The van der Waals surface area contributed by atoms with Crippen molar-refractivity contribution in [1.82, 2.24) is 4.90 Å². The Kier molecular flexibility index (Phi) is 14.0. The zero-order valence-electron chi connectivity index (χ0n) is 29.4. The van der Waals surface area contributed by atoms with E-state index < -0.39 is 23.6 Å². The highest BCUT2D eigenvalue weighted by Crippen LogP contribution is 2.41. The normalized spacial score (nSPS) is 13.4. The van der Waals surface area contributed by atoms with Gasteiger partial charge in [0.2, 0.25) is 5.91 Å². The molecule has 0 saturated heterocycles. The van der Waals surface area contributed by atoms with Gasteiger partial charge in [-0.1, -0.05) is 6.92 Å². The molecule has 1 aromatic heterocycles. The SMILES string of the molecule is CCOC(=O)CCC(=O)c1cc2c(F)c(OCCCOc3c(OC)cc4c(c3F)CN(C(=O)CCC(=O)OC(C)[C@@H](C)CN)C4)c(OC)cc2s1. The number of rotatable bonds is 19. The first-order valence-electron chi connectivity index (χ1n) is 16.7. The first-order valence-corrected chi connectivity index (χ1v) is 17.5. The van der Waals surface area contributed by atoms with Crippen LogP contribution in [0.5, 0.6) is 23.0 Å². The van der Waals surface area contributed by atoms with Gasteiger partial charge >= 0.3 is 11.9 Å². The minimum Gasteiger partial charge on any atom is -0.493 e. The highest BCUT2D eigenvalue weighted by atomic mass is 32.1. The lowest BCUT2D eigenvalue weighted by Gasteiger charge is -2.19. The van der Waals surface area contributed by atoms with E-state index in [1.807, 2.05) is 6.92 Å². The van der Waals surface area contributed by atoms with Crippen LogP contribution in [0.3, 0.4) is 0 Å². The third-order valence-corrected chi connectivity index (χ3v) is 9.64. The van der Waals surface area contributed by atoms with E-state index in [1.165, 1.54) is 25.2 Å². The number of esters is 2. The number of nitrogens with two attached hydrogens (primary N) is 1. The van der Waals surface area contributed by atoms with Gasteiger partial charge in [0, 0.05) is 60.0 Å². The summed E-state index contributed by atoms with van der Waals surface area (Å²) in [4.78, 5) is 51.1. The van der Waals surface area contributed by atoms with Gasteiger partial charge in [0.15, 0.2) is 40.4 Å². The van der Waals surface area contributed by atoms with Crippen molar-refractivity contribution in [3.8, 4) is 23.0 Å². The number of fused-ring (bicyclic) bond motifs is 2. The van der Waals surface area contributed by atoms with Crippen LogP contribution >= 0.6 is 11.3 Å². The van der Waals surface area contributed by atoms with Crippen molar-refractivity contribution in [1.29, 1.82) is 0 Å². The Bertz CT molecular complexity index is 1750. The summed E-state index contributed by atoms with van der Waals surface area (Å²) in [6, 6.07) is 4.62. The van der Waals surface area contributed by atoms with E-state index in [9.17, 15) is 19.2 Å². The van der Waals surface area contributed by atoms with Crippen LogP contribution in [0.2, 0.25) is 0 Å². The van der Waals surface area contributed by atoms with Gasteiger partial charge in [-0.2, -0.15) is 0 Å². The van der Waals surface area contributed by atoms with Crippen molar-refractivity contribution in [2.24, 2.45) is 11.7 Å². The van der Waals surface area contributed by atoms with Gasteiger partial charge in [0.05, 0.1) is 51.8 Å². The van der Waals surface area contributed by atoms with E-state index in [4.69, 9.17) is 34.2 Å². The smallest absolute Gasteiger partial charge is 0.306 e. The van der Waals surface area contributed by atoms with Crippen LogP contribution in [-0.2, 0) is 36.9 Å². The molecule has 12 nitrogen and oxygen atoms in total. The number of hydrogen-bond donors (Lipinski definition) is 1. The van der Waals surface area contributed by atoms with Gasteiger partial charge in [-0.15, -0.1) is 11.3 Å². The molecule has 2 atom stereocenters. The van der Waals surface area contributed by atoms with E-state index in [0.717, 1.165) is 11.3 Å². The van der Waals surface area contributed by atoms with E-state index >= 15 is 8.78 Å². The lowest BCUT2D eigenvalue weighted by molar-refractivity contribution is -0.152. The number of ketones is 1. The van der Waals surface area contributed by atoms with Crippen molar-refractivity contribution >= 4 is 45.1 Å². The number of methoxy groups -OCH3 is 2. The van der Waals surface area contributed by atoms with E-state index in [1.54, 1.807) is 26.0 Å². The molecule has 4 rings (SSSR count). The Hall–Kier alpha value is -4.50. The molecule has 1 aliphatic rings. The summed E-state index contributed by atoms with van der Waals surface area (Å²) in [5.74, 6) is -2.98. The van der Waals surface area contributed by atoms with Crippen molar-refractivity contribution < 1.29 is 56.4 Å². The third kappa shape index (κ3) is 9.64. The monoisotopic (exact) mass is 734 g/mol. The van der Waals surface area contributed by atoms with Crippen LogP contribution < -0.4 is 24.7 Å². The van der Waals surface area contributed by atoms with Crippen molar-refractivity contribution in [3.63, 3.8) is 0 Å². The Morgan fingerprint density at radius 3 is 2.18 bits per heavy atom. The lowest BCUT2D eigenvalue weighted by atomic mass is 10.1. The molecule has 1 aliphatic heterocycles. The van der Waals surface area contributed by atoms with Crippen LogP contribution in [0, 0.1) is 17.6 Å². The predicted molar refractivity (Wildman–Crippen MR) is 184 cm³/mol. The van der Waals surface area contributed by atoms with Crippen LogP contribution in [-0.4, -0.2) is 75.2 Å². The minimum atomic E-state index is -0.705. The van der Waals surface area contributed by atoms with E-state index in [-0.39, 0.29) is 123 Å². The number of hydrogen-bond acceptors (Lipinski definition) is 12. The molecule has 0 saturated carbocycles. The molecular formula is C36H44F2N2O10S. The van der Waals surface area contributed by atoms with Crippen LogP contribution in [0.1, 0.15) is 73.7 Å². The molecule has 51 heavy (non-hydrogen) atoms. The number of benzene rings is 2. The molecule has 3 aromatic rings. The molecule has 0 bridgehead atoms. The highest BCUT2D eigenvalue weighted by molar-refractivity contribution is 7.20. The number of carbonyl (C=O) groups is 4. The fourth-order valence-electron chi connectivity index (χ4n) is 5.37. The molecule has 2 aromatic carbocycles. The number of ether oxygens (including phenoxy) is 6. The van der Waals surface area contributed by atoms with Crippen LogP contribution in [0.25, 0.3) is 10.1 Å². The van der Waals surface area contributed by atoms with Gasteiger partial charge in [0.1, 0.15) is 6.10 Å². The Balaban J connectivity index is 1.33. The Morgan fingerprint density at radius 1 is 0.882 bits per heavy atom. The molecule has 0 aliphatic carbocycles. The predicted octanol–water partition coefficient (Wildman–Crippen LogP) is 5.72. The fraction of sp³-hybridized carbons (Fsp3) is 0.500. The number of halogens is 2. The standard InChI is InChI=1S/C36H44F2N2O10S/c1-6-47-31(43)10-8-25(41)29-15-23-28(51-29)16-27(46-5)36(33(23)37)49-13-7-12-48-35-26(45-4)14-22-18-40(19-24(22)34(35)38)30(42)9-11-32(44)50-21(3)20(2)17-39/h14-16,20-21H,6-13,17-19,39H2,1-5H3/t20-,21?/m0/s1. The summed E-state index contributed by atoms with van der Waals surface area (Å²) in [7, 11) is 2.74. The molecule has 2 N–H and O–H groups in total. The average molecular weight is 735 g/mol. The summed E-state index contributed by atoms with van der Waals surface area (Å²) >= 11 is 1.09. The number of amides is 1. The Labute approximate surface area is 299 Å². The van der Waals surface area contributed by atoms with E-state index in [0.29, 0.717) is 21.7 Å². The molecule has 2 heterocycles. The van der Waals surface area contributed by atoms with Gasteiger partial charge in [-0.3, -0.25) is 19.2 Å². The molecule has 0 radical (unpaired) electrons. The molecular weight excluding hydrogens is 690 g/mol. The maximum atomic E-state index is 15.7. The number of thiophene rings is 1. The highest BCUT2D eigenvalue weighted by Gasteiger charge is 2.31. The molecule has 278 valence electrons. The zero-order chi connectivity index (χ0) is 37.2. The lowest BCUT2D eigenvalue weighted by Crippen LogP contribution is -2.29. The fourth-order valence-corrected chi connectivity index (χ4v) is 6.42. The van der Waals surface area contributed by atoms with Gasteiger partial charge in [-0.25, -0.2) is 8.78 Å². The molecule has 0 spiro atoms. The molecule has 0 fully saturated rings. The first kappa shape index (κ1) is 39.3. The second kappa shape index (κ2) is 18.1. The van der Waals surface area contributed by atoms with Crippen molar-refractivity contribution in [2.75, 3.05) is 40.6 Å². The van der Waals surface area contributed by atoms with E-state index in [2.05, 4.69) is 0 Å². The van der Waals surface area contributed by atoms with Crippen molar-refractivity contribution in [3.05, 3.63) is 45.8 Å². The minimum absolute atomic E-state index is 0.00195. The zero-order valence-corrected chi connectivity index (χ0v) is 30.3. The second-order valence-corrected chi connectivity index (χ2v) is 13.1. The topological polar surface area (TPSA) is 153 Å². The maximum absolute atomic E-state index is 15.7. The number of nitrogens with zero attached hydrogens (tertiary/aromatic N) is 1. The second-order valence-electron chi connectivity index (χ2n) is 12.0. The van der Waals surface area contributed by atoms with Crippen molar-refractivity contribution in [2.45, 2.75) is 72.1 Å². The first-order chi connectivity index (χ1) is 24.4.